The third-order valence-electron chi connectivity index (χ3n) is 6.83. The third-order valence-corrected chi connectivity index (χ3v) is 6.83. The topological polar surface area (TPSA) is 38.1 Å². The minimum absolute atomic E-state index is 0.169. The molecule has 150 valence electrons. The van der Waals surface area contributed by atoms with Gasteiger partial charge < -0.3 is 9.47 Å². The minimum Gasteiger partial charge on any atom is -0.339 e. The van der Waals surface area contributed by atoms with Crippen LogP contribution in [0.1, 0.15) is 68.8 Å². The maximum Gasteiger partial charge on any atom is 0.223 e. The lowest BCUT2D eigenvalue weighted by Crippen LogP contribution is -2.37. The SMILES string of the molecule is CC(c1ccccc1)n1c(C2CC(=O)N(C3CCCCC3)C2)nc2ccccc21. The summed E-state index contributed by atoms with van der Waals surface area (Å²) >= 11 is 0. The molecule has 0 spiro atoms. The number of fused-ring (bicyclic) bond motifs is 1. The smallest absolute Gasteiger partial charge is 0.223 e. The molecule has 2 atom stereocenters. The number of carbonyl (C=O) groups excluding carboxylic acids is 1. The van der Waals surface area contributed by atoms with Crippen molar-refractivity contribution in [2.75, 3.05) is 6.54 Å². The Kier molecular flexibility index (Phi) is 4.86. The first-order valence-corrected chi connectivity index (χ1v) is 11.0. The highest BCUT2D eigenvalue weighted by Crippen LogP contribution is 2.36. The lowest BCUT2D eigenvalue weighted by molar-refractivity contribution is -0.130. The second-order valence-electron chi connectivity index (χ2n) is 8.65. The van der Waals surface area contributed by atoms with E-state index in [0.29, 0.717) is 18.4 Å². The Morgan fingerprint density at radius 3 is 2.48 bits per heavy atom. The number of aromatic nitrogens is 2. The van der Waals surface area contributed by atoms with E-state index in [2.05, 4.69) is 64.9 Å². The molecule has 4 heteroatoms. The van der Waals surface area contributed by atoms with Gasteiger partial charge in [0.15, 0.2) is 0 Å². The lowest BCUT2D eigenvalue weighted by Gasteiger charge is -2.31. The summed E-state index contributed by atoms with van der Waals surface area (Å²) in [6.07, 6.45) is 6.73. The van der Waals surface area contributed by atoms with Gasteiger partial charge in [0.05, 0.1) is 17.1 Å². The zero-order chi connectivity index (χ0) is 19.8. The summed E-state index contributed by atoms with van der Waals surface area (Å²) in [5.74, 6) is 1.55. The Morgan fingerprint density at radius 1 is 0.966 bits per heavy atom. The van der Waals surface area contributed by atoms with Crippen LogP contribution in [0.25, 0.3) is 11.0 Å². The van der Waals surface area contributed by atoms with Crippen LogP contribution in [0, 0.1) is 0 Å². The molecule has 0 bridgehead atoms. The van der Waals surface area contributed by atoms with Gasteiger partial charge in [-0.25, -0.2) is 4.98 Å². The Hall–Kier alpha value is -2.62. The maximum absolute atomic E-state index is 12.9. The van der Waals surface area contributed by atoms with Gasteiger partial charge in [0.25, 0.3) is 0 Å². The number of amides is 1. The molecule has 1 amide bonds. The van der Waals surface area contributed by atoms with Crippen molar-refractivity contribution >= 4 is 16.9 Å². The van der Waals surface area contributed by atoms with Crippen LogP contribution in [0.3, 0.4) is 0 Å². The van der Waals surface area contributed by atoms with E-state index in [1.165, 1.54) is 24.8 Å². The van der Waals surface area contributed by atoms with Crippen molar-refractivity contribution in [3.63, 3.8) is 0 Å². The first-order chi connectivity index (χ1) is 14.2. The fourth-order valence-corrected chi connectivity index (χ4v) is 5.29. The summed E-state index contributed by atoms with van der Waals surface area (Å²) in [6, 6.07) is 19.6. The van der Waals surface area contributed by atoms with E-state index in [4.69, 9.17) is 4.98 Å². The monoisotopic (exact) mass is 387 g/mol. The fourth-order valence-electron chi connectivity index (χ4n) is 5.29. The standard InChI is InChI=1S/C25H29N3O/c1-18(19-10-4-2-5-11-19)28-23-15-9-8-14-22(23)26-25(28)20-16-24(29)27(17-20)21-12-6-3-7-13-21/h2,4-5,8-11,14-15,18,20-21H,3,6-7,12-13,16-17H2,1H3. The summed E-state index contributed by atoms with van der Waals surface area (Å²) in [4.78, 5) is 20.1. The van der Waals surface area contributed by atoms with Gasteiger partial charge in [-0.15, -0.1) is 0 Å². The van der Waals surface area contributed by atoms with E-state index in [0.717, 1.165) is 36.2 Å². The number of likely N-dealkylation sites (tertiary alicyclic amines) is 1. The van der Waals surface area contributed by atoms with Gasteiger partial charge >= 0.3 is 0 Å². The average molecular weight is 388 g/mol. The number of carbonyl (C=O) groups is 1. The van der Waals surface area contributed by atoms with Gasteiger partial charge in [-0.05, 0) is 37.5 Å². The molecular formula is C25H29N3O. The molecule has 2 unspecified atom stereocenters. The number of imidazole rings is 1. The molecule has 2 aromatic carbocycles. The Bertz CT molecular complexity index is 1000. The predicted molar refractivity (Wildman–Crippen MR) is 116 cm³/mol. The predicted octanol–water partition coefficient (Wildman–Crippen LogP) is 5.29. The van der Waals surface area contributed by atoms with Crippen molar-refractivity contribution in [2.24, 2.45) is 0 Å². The summed E-state index contributed by atoms with van der Waals surface area (Å²) in [5.41, 5.74) is 3.45. The third kappa shape index (κ3) is 3.35. The molecule has 1 aromatic heterocycles. The van der Waals surface area contributed by atoms with E-state index in [1.807, 2.05) is 6.07 Å². The van der Waals surface area contributed by atoms with Crippen molar-refractivity contribution in [3.8, 4) is 0 Å². The molecule has 2 fully saturated rings. The van der Waals surface area contributed by atoms with Crippen LogP contribution in [0.15, 0.2) is 54.6 Å². The lowest BCUT2D eigenvalue weighted by atomic mass is 9.94. The van der Waals surface area contributed by atoms with E-state index in [9.17, 15) is 4.79 Å². The molecule has 0 radical (unpaired) electrons. The molecule has 1 saturated carbocycles. The number of hydrogen-bond donors (Lipinski definition) is 0. The first-order valence-electron chi connectivity index (χ1n) is 11.0. The average Bonchev–Trinajstić information content (AvgIpc) is 3.35. The summed E-state index contributed by atoms with van der Waals surface area (Å²) in [7, 11) is 0. The highest BCUT2D eigenvalue weighted by Gasteiger charge is 2.38. The van der Waals surface area contributed by atoms with Crippen LogP contribution in [-0.2, 0) is 4.79 Å². The molecule has 5 rings (SSSR count). The zero-order valence-electron chi connectivity index (χ0n) is 17.1. The minimum atomic E-state index is 0.169. The van der Waals surface area contributed by atoms with Crippen LogP contribution >= 0.6 is 0 Å². The Balaban J connectivity index is 1.52. The first kappa shape index (κ1) is 18.4. The Labute approximate surface area is 172 Å². The molecular weight excluding hydrogens is 358 g/mol. The van der Waals surface area contributed by atoms with Crippen LogP contribution < -0.4 is 0 Å². The zero-order valence-corrected chi connectivity index (χ0v) is 17.1. The number of hydrogen-bond acceptors (Lipinski definition) is 2. The van der Waals surface area contributed by atoms with E-state index in [1.54, 1.807) is 0 Å². The number of nitrogens with zero attached hydrogens (tertiary/aromatic N) is 3. The molecule has 2 heterocycles. The maximum atomic E-state index is 12.9. The highest BCUT2D eigenvalue weighted by molar-refractivity contribution is 5.81. The number of rotatable bonds is 4. The van der Waals surface area contributed by atoms with Crippen LogP contribution in [0.2, 0.25) is 0 Å². The molecule has 1 aliphatic carbocycles. The molecule has 29 heavy (non-hydrogen) atoms. The van der Waals surface area contributed by atoms with Gasteiger partial charge in [0.1, 0.15) is 5.82 Å². The normalized spacial score (nSPS) is 21.8. The van der Waals surface area contributed by atoms with Gasteiger partial charge in [0, 0.05) is 24.9 Å². The number of para-hydroxylation sites is 2. The van der Waals surface area contributed by atoms with Gasteiger partial charge in [-0.1, -0.05) is 61.7 Å². The second kappa shape index (κ2) is 7.66. The molecule has 0 N–H and O–H groups in total. The largest absolute Gasteiger partial charge is 0.339 e. The summed E-state index contributed by atoms with van der Waals surface area (Å²) in [6.45, 7) is 3.05. The van der Waals surface area contributed by atoms with Gasteiger partial charge in [0.2, 0.25) is 5.91 Å². The summed E-state index contributed by atoms with van der Waals surface area (Å²) < 4.78 is 2.37. The van der Waals surface area contributed by atoms with Crippen LogP contribution in [0.4, 0.5) is 0 Å². The van der Waals surface area contributed by atoms with Crippen molar-refractivity contribution in [1.82, 2.24) is 14.5 Å². The summed E-state index contributed by atoms with van der Waals surface area (Å²) in [5, 5.41) is 0. The van der Waals surface area contributed by atoms with Crippen LogP contribution in [0.5, 0.6) is 0 Å². The van der Waals surface area contributed by atoms with Gasteiger partial charge in [-0.3, -0.25) is 4.79 Å². The molecule has 4 nitrogen and oxygen atoms in total. The molecule has 3 aromatic rings. The van der Waals surface area contributed by atoms with E-state index < -0.39 is 0 Å². The van der Waals surface area contributed by atoms with E-state index in [-0.39, 0.29) is 12.0 Å². The Morgan fingerprint density at radius 2 is 1.69 bits per heavy atom. The highest BCUT2D eigenvalue weighted by atomic mass is 16.2. The second-order valence-corrected chi connectivity index (χ2v) is 8.65. The van der Waals surface area contributed by atoms with Crippen molar-refractivity contribution in [2.45, 2.75) is 63.5 Å². The molecule has 1 aliphatic heterocycles. The molecule has 2 aliphatic rings. The van der Waals surface area contributed by atoms with E-state index >= 15 is 0 Å². The van der Waals surface area contributed by atoms with Crippen LogP contribution in [-0.4, -0.2) is 32.9 Å². The quantitative estimate of drug-likeness (QED) is 0.610. The fraction of sp³-hybridized carbons (Fsp3) is 0.440. The van der Waals surface area contributed by atoms with Crippen molar-refractivity contribution in [3.05, 3.63) is 66.0 Å². The van der Waals surface area contributed by atoms with Crippen molar-refractivity contribution < 1.29 is 4.79 Å². The number of benzene rings is 2. The van der Waals surface area contributed by atoms with Gasteiger partial charge in [-0.2, -0.15) is 0 Å². The van der Waals surface area contributed by atoms with Crippen molar-refractivity contribution in [1.29, 1.82) is 0 Å². The molecule has 1 saturated heterocycles.